The van der Waals surface area contributed by atoms with Crippen molar-refractivity contribution < 1.29 is 14.7 Å². The van der Waals surface area contributed by atoms with Crippen molar-refractivity contribution in [2.75, 3.05) is 26.2 Å². The number of aliphatic hydroxyl groups excluding tert-OH is 1. The lowest BCUT2D eigenvalue weighted by Gasteiger charge is -2.33. The predicted octanol–water partition coefficient (Wildman–Crippen LogP) is 2.15. The summed E-state index contributed by atoms with van der Waals surface area (Å²) < 4.78 is 1.84. The molecule has 0 bridgehead atoms. The summed E-state index contributed by atoms with van der Waals surface area (Å²) in [4.78, 5) is 26.6. The maximum absolute atomic E-state index is 13.0. The molecule has 1 aromatic heterocycles. The molecule has 3 rings (SSSR count). The molecule has 0 aliphatic carbocycles. The molecule has 2 N–H and O–H groups in total. The van der Waals surface area contributed by atoms with Crippen molar-refractivity contribution in [3.05, 3.63) is 41.6 Å². The number of aromatic nitrogens is 2. The Bertz CT molecular complexity index is 829. The molecule has 150 valence electrons. The second-order valence-electron chi connectivity index (χ2n) is 7.28. The number of hydrogen-bond donors (Lipinski definition) is 2. The van der Waals surface area contributed by atoms with E-state index in [1.54, 1.807) is 4.90 Å². The number of rotatable bonds is 8. The van der Waals surface area contributed by atoms with Crippen molar-refractivity contribution in [1.82, 2.24) is 20.0 Å². The van der Waals surface area contributed by atoms with E-state index in [0.29, 0.717) is 12.2 Å². The fraction of sp³-hybridized carbons (Fsp3) is 0.476. The zero-order chi connectivity index (χ0) is 20.1. The minimum atomic E-state index is -0.261. The van der Waals surface area contributed by atoms with Gasteiger partial charge in [-0.2, -0.15) is 5.10 Å². The first-order valence-corrected chi connectivity index (χ1v) is 9.87. The van der Waals surface area contributed by atoms with Gasteiger partial charge in [0.05, 0.1) is 24.9 Å². The third kappa shape index (κ3) is 4.42. The van der Waals surface area contributed by atoms with E-state index in [-0.39, 0.29) is 37.6 Å². The number of amides is 2. The summed E-state index contributed by atoms with van der Waals surface area (Å²) in [5.74, 6) is -0.443. The van der Waals surface area contributed by atoms with Crippen LogP contribution in [0.4, 0.5) is 0 Å². The van der Waals surface area contributed by atoms with Crippen molar-refractivity contribution in [3.63, 3.8) is 0 Å². The lowest BCUT2D eigenvalue weighted by atomic mass is 10.1. The number of nitrogens with zero attached hydrogens (tertiary/aromatic N) is 3. The van der Waals surface area contributed by atoms with Crippen LogP contribution in [-0.2, 0) is 4.79 Å². The normalized spacial score (nSPS) is 16.2. The van der Waals surface area contributed by atoms with Crippen molar-refractivity contribution in [3.8, 4) is 11.3 Å². The number of aliphatic hydroxyl groups is 1. The Morgan fingerprint density at radius 1 is 1.32 bits per heavy atom. The van der Waals surface area contributed by atoms with Gasteiger partial charge < -0.3 is 15.3 Å². The number of carbonyl (C=O) groups is 2. The molecule has 0 radical (unpaired) electrons. The summed E-state index contributed by atoms with van der Waals surface area (Å²) in [6, 6.07) is 9.95. The minimum Gasteiger partial charge on any atom is -0.395 e. The Hall–Kier alpha value is -2.67. The molecular formula is C21H28N4O3. The van der Waals surface area contributed by atoms with Crippen molar-refractivity contribution in [1.29, 1.82) is 0 Å². The molecule has 0 saturated heterocycles. The lowest BCUT2D eigenvalue weighted by Crippen LogP contribution is -2.48. The molecule has 2 heterocycles. The van der Waals surface area contributed by atoms with Gasteiger partial charge in [-0.25, -0.2) is 0 Å². The third-order valence-electron chi connectivity index (χ3n) is 5.03. The van der Waals surface area contributed by atoms with E-state index in [9.17, 15) is 9.59 Å². The Morgan fingerprint density at radius 2 is 2.07 bits per heavy atom. The molecule has 7 heteroatoms. The van der Waals surface area contributed by atoms with Gasteiger partial charge in [0.25, 0.3) is 5.91 Å². The molecule has 1 atom stereocenters. The average molecular weight is 384 g/mol. The van der Waals surface area contributed by atoms with E-state index < -0.39 is 0 Å². The predicted molar refractivity (Wildman–Crippen MR) is 107 cm³/mol. The molecule has 2 aromatic rings. The lowest BCUT2D eigenvalue weighted by molar-refractivity contribution is -0.122. The maximum atomic E-state index is 13.0. The Balaban J connectivity index is 1.87. The number of unbranched alkanes of at least 4 members (excludes halogenated alkanes) is 1. The topological polar surface area (TPSA) is 87.5 Å². The average Bonchev–Trinajstić information content (AvgIpc) is 3.14. The highest BCUT2D eigenvalue weighted by molar-refractivity contribution is 5.96. The summed E-state index contributed by atoms with van der Waals surface area (Å²) in [6.07, 6.45) is 2.99. The first-order valence-electron chi connectivity index (χ1n) is 9.87. The zero-order valence-corrected chi connectivity index (χ0v) is 16.5. The van der Waals surface area contributed by atoms with E-state index in [4.69, 9.17) is 10.2 Å². The molecule has 28 heavy (non-hydrogen) atoms. The van der Waals surface area contributed by atoms with Gasteiger partial charge in [-0.3, -0.25) is 14.3 Å². The van der Waals surface area contributed by atoms with Gasteiger partial charge in [0.2, 0.25) is 5.91 Å². The zero-order valence-electron chi connectivity index (χ0n) is 16.5. The minimum absolute atomic E-state index is 0.00744. The van der Waals surface area contributed by atoms with Crippen molar-refractivity contribution >= 4 is 11.8 Å². The number of benzene rings is 1. The molecule has 7 nitrogen and oxygen atoms in total. The molecule has 2 amide bonds. The van der Waals surface area contributed by atoms with Crippen molar-refractivity contribution in [2.24, 2.45) is 0 Å². The highest BCUT2D eigenvalue weighted by atomic mass is 16.3. The number of nitrogens with one attached hydrogen (secondary N) is 1. The first-order chi connectivity index (χ1) is 13.5. The third-order valence-corrected chi connectivity index (χ3v) is 5.03. The largest absolute Gasteiger partial charge is 0.395 e. The van der Waals surface area contributed by atoms with Crippen LogP contribution in [0.5, 0.6) is 0 Å². The van der Waals surface area contributed by atoms with Crippen LogP contribution < -0.4 is 5.32 Å². The van der Waals surface area contributed by atoms with Gasteiger partial charge >= 0.3 is 0 Å². The monoisotopic (exact) mass is 384 g/mol. The molecule has 1 unspecified atom stereocenters. The second kappa shape index (κ2) is 9.01. The summed E-state index contributed by atoms with van der Waals surface area (Å²) in [5, 5.41) is 16.2. The quantitative estimate of drug-likeness (QED) is 0.730. The highest BCUT2D eigenvalue weighted by Gasteiger charge is 2.33. The molecular weight excluding hydrogens is 356 g/mol. The number of hydrogen-bond acceptors (Lipinski definition) is 4. The second-order valence-corrected chi connectivity index (χ2v) is 7.28. The van der Waals surface area contributed by atoms with Gasteiger partial charge in [0.15, 0.2) is 0 Å². The van der Waals surface area contributed by atoms with E-state index in [1.165, 1.54) is 5.56 Å². The van der Waals surface area contributed by atoms with Crippen LogP contribution in [-0.4, -0.2) is 57.8 Å². The smallest absolute Gasteiger partial charge is 0.272 e. The Morgan fingerprint density at radius 3 is 2.75 bits per heavy atom. The van der Waals surface area contributed by atoms with Gasteiger partial charge in [-0.05, 0) is 19.4 Å². The Labute approximate surface area is 165 Å². The van der Waals surface area contributed by atoms with Crippen LogP contribution in [0.2, 0.25) is 0 Å². The standard InChI is InChI=1S/C21H28N4O3/c1-3-4-5-17-13-24(14-20(27)22-10-11-26)21(28)19-12-18(23-25(17)19)16-8-6-15(2)7-9-16/h6-9,12,17,26H,3-5,10-11,13-14H2,1-2H3,(H,22,27). The summed E-state index contributed by atoms with van der Waals surface area (Å²) >= 11 is 0. The van der Waals surface area contributed by atoms with E-state index >= 15 is 0 Å². The first kappa shape index (κ1) is 20.1. The van der Waals surface area contributed by atoms with Gasteiger partial charge in [-0.1, -0.05) is 49.6 Å². The van der Waals surface area contributed by atoms with Gasteiger partial charge in [0.1, 0.15) is 5.69 Å². The SMILES string of the molecule is CCCCC1CN(CC(=O)NCCO)C(=O)c2cc(-c3ccc(C)cc3)nn21. The fourth-order valence-electron chi connectivity index (χ4n) is 3.49. The molecule has 0 fully saturated rings. The molecule has 0 saturated carbocycles. The summed E-state index contributed by atoms with van der Waals surface area (Å²) in [7, 11) is 0. The molecule has 0 spiro atoms. The molecule has 1 aliphatic heterocycles. The van der Waals surface area contributed by atoms with Crippen LogP contribution in [0.3, 0.4) is 0 Å². The van der Waals surface area contributed by atoms with Crippen molar-refractivity contribution in [2.45, 2.75) is 39.2 Å². The molecule has 1 aromatic carbocycles. The molecule has 1 aliphatic rings. The summed E-state index contributed by atoms with van der Waals surface area (Å²) in [6.45, 7) is 4.70. The van der Waals surface area contributed by atoms with Gasteiger partial charge in [0, 0.05) is 18.7 Å². The summed E-state index contributed by atoms with van der Waals surface area (Å²) in [5.41, 5.74) is 3.45. The van der Waals surface area contributed by atoms with E-state index in [0.717, 1.165) is 30.5 Å². The maximum Gasteiger partial charge on any atom is 0.272 e. The number of fused-ring (bicyclic) bond motifs is 1. The van der Waals surface area contributed by atoms with Crippen LogP contribution >= 0.6 is 0 Å². The van der Waals surface area contributed by atoms with Gasteiger partial charge in [-0.15, -0.1) is 0 Å². The van der Waals surface area contributed by atoms with Crippen LogP contribution in [0.25, 0.3) is 11.3 Å². The van der Waals surface area contributed by atoms with Crippen LogP contribution in [0, 0.1) is 6.92 Å². The number of aryl methyl sites for hydroxylation is 1. The van der Waals surface area contributed by atoms with E-state index in [1.807, 2.05) is 41.9 Å². The highest BCUT2D eigenvalue weighted by Crippen LogP contribution is 2.29. The number of carbonyl (C=O) groups excluding carboxylic acids is 2. The van der Waals surface area contributed by atoms with Crippen LogP contribution in [0.15, 0.2) is 30.3 Å². The fourth-order valence-corrected chi connectivity index (χ4v) is 3.49. The Kier molecular flexibility index (Phi) is 6.46. The van der Waals surface area contributed by atoms with E-state index in [2.05, 4.69) is 12.2 Å². The van der Waals surface area contributed by atoms with Crippen LogP contribution in [0.1, 0.15) is 48.3 Å².